The summed E-state index contributed by atoms with van der Waals surface area (Å²) in [6, 6.07) is 16.0. The van der Waals surface area contributed by atoms with Crippen LogP contribution in [0, 0.1) is 0 Å². The Hall–Kier alpha value is -3.55. The second-order valence-corrected chi connectivity index (χ2v) is 7.22. The standard InChI is InChI=1S/C21H22N8/c1-2-7-19(8-3-1)29-21(24-25-26-29)27-13-9-17(10-14-27)20-23-12-15-28(20)16-18-6-4-5-11-22-18/h1-8,11-12,15,17H,9-10,13-14,16H2. The molecule has 8 nitrogen and oxygen atoms in total. The van der Waals surface area contributed by atoms with Gasteiger partial charge in [-0.25, -0.2) is 4.98 Å². The Morgan fingerprint density at radius 1 is 0.897 bits per heavy atom. The lowest BCUT2D eigenvalue weighted by atomic mass is 9.96. The number of imidazole rings is 1. The van der Waals surface area contributed by atoms with Crippen LogP contribution >= 0.6 is 0 Å². The minimum absolute atomic E-state index is 0.422. The van der Waals surface area contributed by atoms with Crippen molar-refractivity contribution in [3.63, 3.8) is 0 Å². The van der Waals surface area contributed by atoms with E-state index in [1.807, 2.05) is 65.7 Å². The Morgan fingerprint density at radius 3 is 2.52 bits per heavy atom. The summed E-state index contributed by atoms with van der Waals surface area (Å²) in [7, 11) is 0. The number of hydrogen-bond donors (Lipinski definition) is 0. The average molecular weight is 386 g/mol. The predicted molar refractivity (Wildman–Crippen MR) is 109 cm³/mol. The van der Waals surface area contributed by atoms with E-state index in [1.54, 1.807) is 0 Å². The molecule has 0 radical (unpaired) electrons. The molecule has 1 fully saturated rings. The fourth-order valence-corrected chi connectivity index (χ4v) is 3.93. The molecule has 1 aromatic carbocycles. The lowest BCUT2D eigenvalue weighted by molar-refractivity contribution is 0.463. The molecule has 0 aliphatic carbocycles. The second-order valence-electron chi connectivity index (χ2n) is 7.22. The van der Waals surface area contributed by atoms with Crippen LogP contribution in [0.4, 0.5) is 5.95 Å². The number of piperidine rings is 1. The van der Waals surface area contributed by atoms with E-state index < -0.39 is 0 Å². The fraction of sp³-hybridized carbons (Fsp3) is 0.286. The van der Waals surface area contributed by atoms with Crippen LogP contribution in [0.25, 0.3) is 5.69 Å². The van der Waals surface area contributed by atoms with E-state index in [2.05, 4.69) is 41.0 Å². The van der Waals surface area contributed by atoms with E-state index in [4.69, 9.17) is 0 Å². The molecule has 5 rings (SSSR count). The molecule has 4 heterocycles. The molecule has 0 N–H and O–H groups in total. The van der Waals surface area contributed by atoms with Crippen molar-refractivity contribution in [2.45, 2.75) is 25.3 Å². The van der Waals surface area contributed by atoms with Crippen molar-refractivity contribution in [2.75, 3.05) is 18.0 Å². The summed E-state index contributed by atoms with van der Waals surface area (Å²) < 4.78 is 4.03. The van der Waals surface area contributed by atoms with Crippen molar-refractivity contribution in [3.05, 3.63) is 78.6 Å². The van der Waals surface area contributed by atoms with E-state index in [0.717, 1.165) is 55.6 Å². The average Bonchev–Trinajstić information content (AvgIpc) is 3.45. The molecule has 0 saturated carbocycles. The van der Waals surface area contributed by atoms with Crippen LogP contribution < -0.4 is 4.90 Å². The van der Waals surface area contributed by atoms with Gasteiger partial charge in [-0.15, -0.1) is 0 Å². The summed E-state index contributed by atoms with van der Waals surface area (Å²) >= 11 is 0. The lowest BCUT2D eigenvalue weighted by Crippen LogP contribution is -2.35. The van der Waals surface area contributed by atoms with Gasteiger partial charge in [-0.2, -0.15) is 4.68 Å². The van der Waals surface area contributed by atoms with Crippen LogP contribution in [0.3, 0.4) is 0 Å². The van der Waals surface area contributed by atoms with Gasteiger partial charge in [0.25, 0.3) is 0 Å². The zero-order chi connectivity index (χ0) is 19.5. The molecule has 0 amide bonds. The number of para-hydroxylation sites is 1. The van der Waals surface area contributed by atoms with E-state index in [-0.39, 0.29) is 0 Å². The van der Waals surface area contributed by atoms with Gasteiger partial charge in [-0.05, 0) is 47.5 Å². The molecule has 0 bridgehead atoms. The first-order chi connectivity index (χ1) is 14.4. The number of nitrogens with zero attached hydrogens (tertiary/aromatic N) is 8. The quantitative estimate of drug-likeness (QED) is 0.525. The maximum Gasteiger partial charge on any atom is 0.250 e. The minimum Gasteiger partial charge on any atom is -0.339 e. The number of aromatic nitrogens is 7. The summed E-state index contributed by atoms with van der Waals surface area (Å²) in [4.78, 5) is 11.4. The van der Waals surface area contributed by atoms with E-state index in [0.29, 0.717) is 5.92 Å². The third-order valence-corrected chi connectivity index (χ3v) is 5.40. The number of hydrogen-bond acceptors (Lipinski definition) is 6. The Bertz CT molecular complexity index is 1050. The van der Waals surface area contributed by atoms with Gasteiger partial charge in [0.15, 0.2) is 0 Å². The Labute approximate surface area is 168 Å². The first-order valence-electron chi connectivity index (χ1n) is 9.88. The van der Waals surface area contributed by atoms with Crippen molar-refractivity contribution < 1.29 is 0 Å². The molecule has 146 valence electrons. The molecule has 8 heteroatoms. The maximum absolute atomic E-state index is 4.66. The van der Waals surface area contributed by atoms with Gasteiger partial charge in [0.2, 0.25) is 5.95 Å². The van der Waals surface area contributed by atoms with Gasteiger partial charge < -0.3 is 9.47 Å². The SMILES string of the molecule is c1ccc(-n2nnnc2N2CCC(c3nccn3Cc3ccccn3)CC2)cc1. The first-order valence-corrected chi connectivity index (χ1v) is 9.88. The Balaban J connectivity index is 1.29. The van der Waals surface area contributed by atoms with Gasteiger partial charge in [0.1, 0.15) is 5.82 Å². The topological polar surface area (TPSA) is 77.5 Å². The number of benzene rings is 1. The monoisotopic (exact) mass is 386 g/mol. The predicted octanol–water partition coefficient (Wildman–Crippen LogP) is 2.69. The van der Waals surface area contributed by atoms with E-state index >= 15 is 0 Å². The Kier molecular flexibility index (Phi) is 4.73. The molecule has 0 unspecified atom stereocenters. The number of pyridine rings is 1. The Morgan fingerprint density at radius 2 is 1.72 bits per heavy atom. The molecule has 29 heavy (non-hydrogen) atoms. The highest BCUT2D eigenvalue weighted by Crippen LogP contribution is 2.29. The van der Waals surface area contributed by atoms with Crippen LogP contribution in [-0.2, 0) is 6.54 Å². The fourth-order valence-electron chi connectivity index (χ4n) is 3.93. The van der Waals surface area contributed by atoms with Gasteiger partial charge >= 0.3 is 0 Å². The third kappa shape index (κ3) is 3.61. The van der Waals surface area contributed by atoms with Crippen LogP contribution in [0.5, 0.6) is 0 Å². The molecule has 3 aromatic heterocycles. The summed E-state index contributed by atoms with van der Waals surface area (Å²) in [6.45, 7) is 2.55. The van der Waals surface area contributed by atoms with Crippen molar-refractivity contribution in [3.8, 4) is 5.69 Å². The molecule has 1 aliphatic rings. The molecule has 1 aliphatic heterocycles. The lowest BCUT2D eigenvalue weighted by Gasteiger charge is -2.32. The highest BCUT2D eigenvalue weighted by Gasteiger charge is 2.27. The summed E-state index contributed by atoms with van der Waals surface area (Å²) in [5.74, 6) is 2.36. The minimum atomic E-state index is 0.422. The summed E-state index contributed by atoms with van der Waals surface area (Å²) in [5, 5.41) is 12.4. The van der Waals surface area contributed by atoms with Crippen molar-refractivity contribution in [1.29, 1.82) is 0 Å². The number of rotatable bonds is 5. The number of anilines is 1. The molecular formula is C21H22N8. The highest BCUT2D eigenvalue weighted by atomic mass is 15.6. The molecule has 0 atom stereocenters. The molecule has 1 saturated heterocycles. The highest BCUT2D eigenvalue weighted by molar-refractivity contribution is 5.41. The van der Waals surface area contributed by atoms with Gasteiger partial charge in [-0.1, -0.05) is 29.4 Å². The van der Waals surface area contributed by atoms with E-state index in [1.165, 1.54) is 0 Å². The van der Waals surface area contributed by atoms with Crippen molar-refractivity contribution in [1.82, 2.24) is 34.7 Å². The molecule has 0 spiro atoms. The molecule has 4 aromatic rings. The first kappa shape index (κ1) is 17.5. The third-order valence-electron chi connectivity index (χ3n) is 5.40. The van der Waals surface area contributed by atoms with Crippen molar-refractivity contribution in [2.24, 2.45) is 0 Å². The molecular weight excluding hydrogens is 364 g/mol. The van der Waals surface area contributed by atoms with Crippen LogP contribution in [-0.4, -0.2) is 47.8 Å². The number of tetrazole rings is 1. The van der Waals surface area contributed by atoms with Crippen LogP contribution in [0.15, 0.2) is 67.1 Å². The van der Waals surface area contributed by atoms with Gasteiger partial charge in [0.05, 0.1) is 17.9 Å². The van der Waals surface area contributed by atoms with Crippen molar-refractivity contribution >= 4 is 5.95 Å². The smallest absolute Gasteiger partial charge is 0.250 e. The zero-order valence-electron chi connectivity index (χ0n) is 16.0. The van der Waals surface area contributed by atoms with E-state index in [9.17, 15) is 0 Å². The summed E-state index contributed by atoms with van der Waals surface area (Å²) in [5.41, 5.74) is 2.02. The maximum atomic E-state index is 4.66. The normalized spacial score (nSPS) is 15.0. The van der Waals surface area contributed by atoms with Crippen LogP contribution in [0.1, 0.15) is 30.3 Å². The van der Waals surface area contributed by atoms with Crippen LogP contribution in [0.2, 0.25) is 0 Å². The van der Waals surface area contributed by atoms with Gasteiger partial charge in [-0.3, -0.25) is 4.98 Å². The summed E-state index contributed by atoms with van der Waals surface area (Å²) in [6.07, 6.45) is 7.80. The zero-order valence-corrected chi connectivity index (χ0v) is 16.0. The second kappa shape index (κ2) is 7.83. The van der Waals surface area contributed by atoms with Gasteiger partial charge in [0, 0.05) is 37.6 Å². The largest absolute Gasteiger partial charge is 0.339 e.